The fourth-order valence-corrected chi connectivity index (χ4v) is 1.64. The molecule has 0 aliphatic rings. The van der Waals surface area contributed by atoms with E-state index in [2.05, 4.69) is 5.32 Å². The van der Waals surface area contributed by atoms with Gasteiger partial charge >= 0.3 is 0 Å². The average Bonchev–Trinajstić information content (AvgIpc) is 2.43. The van der Waals surface area contributed by atoms with Crippen molar-refractivity contribution in [2.75, 3.05) is 5.32 Å². The molecule has 5 heteroatoms. The SMILES string of the molecule is Cc1ccc(C(=O)Nc2ccc(F)c(C#N)c2)cc1O. The number of phenols is 1. The fraction of sp³-hybridized carbons (Fsp3) is 0.0667. The maximum absolute atomic E-state index is 13.2. The first-order chi connectivity index (χ1) is 9.51. The van der Waals surface area contributed by atoms with Crippen LogP contribution in [-0.2, 0) is 0 Å². The lowest BCUT2D eigenvalue weighted by molar-refractivity contribution is 0.102. The third-order valence-electron chi connectivity index (χ3n) is 2.82. The van der Waals surface area contributed by atoms with Crippen molar-refractivity contribution in [3.63, 3.8) is 0 Å². The number of carbonyl (C=O) groups is 1. The summed E-state index contributed by atoms with van der Waals surface area (Å²) in [4.78, 5) is 12.0. The van der Waals surface area contributed by atoms with Crippen molar-refractivity contribution in [1.82, 2.24) is 0 Å². The Morgan fingerprint density at radius 2 is 2.05 bits per heavy atom. The van der Waals surface area contributed by atoms with Gasteiger partial charge in [-0.1, -0.05) is 6.07 Å². The summed E-state index contributed by atoms with van der Waals surface area (Å²) < 4.78 is 13.2. The number of hydrogen-bond donors (Lipinski definition) is 2. The van der Waals surface area contributed by atoms with E-state index in [-0.39, 0.29) is 16.9 Å². The van der Waals surface area contributed by atoms with Gasteiger partial charge in [0.25, 0.3) is 5.91 Å². The van der Waals surface area contributed by atoms with Gasteiger partial charge in [-0.2, -0.15) is 5.26 Å². The average molecular weight is 270 g/mol. The standard InChI is InChI=1S/C15H11FN2O2/c1-9-2-3-10(7-14(9)19)15(20)18-12-4-5-13(16)11(6-12)8-17/h2-7,19H,1H3,(H,18,20). The molecule has 4 nitrogen and oxygen atoms in total. The minimum atomic E-state index is -0.640. The highest BCUT2D eigenvalue weighted by Crippen LogP contribution is 2.19. The van der Waals surface area contributed by atoms with Crippen molar-refractivity contribution in [3.8, 4) is 11.8 Å². The summed E-state index contributed by atoms with van der Waals surface area (Å²) in [6.07, 6.45) is 0. The first-order valence-electron chi connectivity index (χ1n) is 5.82. The Balaban J connectivity index is 2.23. The lowest BCUT2D eigenvalue weighted by Gasteiger charge is -2.07. The highest BCUT2D eigenvalue weighted by molar-refractivity contribution is 6.04. The van der Waals surface area contributed by atoms with E-state index < -0.39 is 11.7 Å². The van der Waals surface area contributed by atoms with Gasteiger partial charge in [-0.15, -0.1) is 0 Å². The van der Waals surface area contributed by atoms with Crippen LogP contribution in [-0.4, -0.2) is 11.0 Å². The smallest absolute Gasteiger partial charge is 0.255 e. The summed E-state index contributed by atoms with van der Waals surface area (Å²) in [5.41, 5.74) is 1.11. The Labute approximate surface area is 115 Å². The second-order valence-electron chi connectivity index (χ2n) is 4.26. The summed E-state index contributed by atoms with van der Waals surface area (Å²) in [7, 11) is 0. The van der Waals surface area contributed by atoms with Gasteiger partial charge in [0.1, 0.15) is 17.6 Å². The number of benzene rings is 2. The third-order valence-corrected chi connectivity index (χ3v) is 2.82. The fourth-order valence-electron chi connectivity index (χ4n) is 1.64. The predicted molar refractivity (Wildman–Crippen MR) is 71.9 cm³/mol. The number of anilines is 1. The van der Waals surface area contributed by atoms with Gasteiger partial charge in [-0.05, 0) is 42.8 Å². The van der Waals surface area contributed by atoms with Crippen molar-refractivity contribution in [3.05, 3.63) is 58.9 Å². The molecule has 100 valence electrons. The number of aromatic hydroxyl groups is 1. The lowest BCUT2D eigenvalue weighted by atomic mass is 10.1. The Morgan fingerprint density at radius 1 is 1.30 bits per heavy atom. The van der Waals surface area contributed by atoms with Gasteiger partial charge in [-0.3, -0.25) is 4.79 Å². The van der Waals surface area contributed by atoms with Gasteiger partial charge in [0.05, 0.1) is 5.56 Å². The molecule has 0 fully saturated rings. The molecular weight excluding hydrogens is 259 g/mol. The molecular formula is C15H11FN2O2. The minimum absolute atomic E-state index is 0.0227. The molecule has 0 aliphatic carbocycles. The second kappa shape index (κ2) is 5.41. The van der Waals surface area contributed by atoms with Crippen LogP contribution in [0.1, 0.15) is 21.5 Å². The normalized spacial score (nSPS) is 9.85. The highest BCUT2D eigenvalue weighted by atomic mass is 19.1. The van der Waals surface area contributed by atoms with E-state index in [9.17, 15) is 14.3 Å². The molecule has 2 rings (SSSR count). The van der Waals surface area contributed by atoms with Crippen LogP contribution < -0.4 is 5.32 Å². The van der Waals surface area contributed by atoms with Crippen molar-refractivity contribution in [2.24, 2.45) is 0 Å². The molecule has 2 N–H and O–H groups in total. The topological polar surface area (TPSA) is 73.1 Å². The quantitative estimate of drug-likeness (QED) is 0.881. The van der Waals surface area contributed by atoms with Crippen molar-refractivity contribution >= 4 is 11.6 Å². The van der Waals surface area contributed by atoms with E-state index in [0.29, 0.717) is 11.3 Å². The van der Waals surface area contributed by atoms with Crippen LogP contribution in [0, 0.1) is 24.1 Å². The van der Waals surface area contributed by atoms with Crippen LogP contribution in [0.25, 0.3) is 0 Å². The van der Waals surface area contributed by atoms with E-state index in [1.165, 1.54) is 18.2 Å². The number of carbonyl (C=O) groups excluding carboxylic acids is 1. The molecule has 20 heavy (non-hydrogen) atoms. The summed E-state index contributed by atoms with van der Waals surface area (Å²) >= 11 is 0. The van der Waals surface area contributed by atoms with E-state index in [4.69, 9.17) is 5.26 Å². The number of nitrogens with one attached hydrogen (secondary N) is 1. The molecule has 0 unspecified atom stereocenters. The van der Waals surface area contributed by atoms with Crippen LogP contribution in [0.4, 0.5) is 10.1 Å². The predicted octanol–water partition coefficient (Wildman–Crippen LogP) is 2.96. The molecule has 0 bridgehead atoms. The summed E-state index contributed by atoms with van der Waals surface area (Å²) in [6.45, 7) is 1.72. The molecule has 2 aromatic rings. The van der Waals surface area contributed by atoms with Crippen LogP contribution in [0.5, 0.6) is 5.75 Å². The van der Waals surface area contributed by atoms with E-state index in [1.54, 1.807) is 25.1 Å². The molecule has 0 radical (unpaired) electrons. The Hall–Kier alpha value is -2.87. The molecule has 0 atom stereocenters. The molecule has 0 saturated carbocycles. The van der Waals surface area contributed by atoms with Crippen LogP contribution in [0.3, 0.4) is 0 Å². The molecule has 2 aromatic carbocycles. The molecule has 0 heterocycles. The summed E-state index contributed by atoms with van der Waals surface area (Å²) in [5.74, 6) is -1.07. The minimum Gasteiger partial charge on any atom is -0.508 e. The van der Waals surface area contributed by atoms with Crippen molar-refractivity contribution in [2.45, 2.75) is 6.92 Å². The zero-order valence-electron chi connectivity index (χ0n) is 10.6. The lowest BCUT2D eigenvalue weighted by Crippen LogP contribution is -2.12. The van der Waals surface area contributed by atoms with Gasteiger partial charge in [0.2, 0.25) is 0 Å². The van der Waals surface area contributed by atoms with Crippen LogP contribution >= 0.6 is 0 Å². The number of halogens is 1. The van der Waals surface area contributed by atoms with Crippen LogP contribution in [0.15, 0.2) is 36.4 Å². The zero-order valence-corrected chi connectivity index (χ0v) is 10.6. The summed E-state index contributed by atoms with van der Waals surface area (Å²) in [6, 6.07) is 9.96. The number of nitrogens with zero attached hydrogens (tertiary/aromatic N) is 1. The van der Waals surface area contributed by atoms with E-state index in [1.807, 2.05) is 0 Å². The van der Waals surface area contributed by atoms with E-state index >= 15 is 0 Å². The molecule has 0 aliphatic heterocycles. The third kappa shape index (κ3) is 2.75. The number of nitriles is 1. The van der Waals surface area contributed by atoms with Crippen molar-refractivity contribution < 1.29 is 14.3 Å². The Bertz CT molecular complexity index is 720. The number of hydrogen-bond acceptors (Lipinski definition) is 3. The first kappa shape index (κ1) is 13.6. The largest absolute Gasteiger partial charge is 0.508 e. The zero-order chi connectivity index (χ0) is 14.7. The highest BCUT2D eigenvalue weighted by Gasteiger charge is 2.09. The van der Waals surface area contributed by atoms with E-state index in [0.717, 1.165) is 6.07 Å². The van der Waals surface area contributed by atoms with Crippen LogP contribution in [0.2, 0.25) is 0 Å². The molecule has 1 amide bonds. The number of aryl methyl sites for hydroxylation is 1. The van der Waals surface area contributed by atoms with Crippen molar-refractivity contribution in [1.29, 1.82) is 5.26 Å². The second-order valence-corrected chi connectivity index (χ2v) is 4.26. The summed E-state index contributed by atoms with van der Waals surface area (Å²) in [5, 5.41) is 20.8. The molecule has 0 saturated heterocycles. The first-order valence-corrected chi connectivity index (χ1v) is 5.82. The number of rotatable bonds is 2. The number of phenolic OH excluding ortho intramolecular Hbond substituents is 1. The maximum atomic E-state index is 13.2. The van der Waals surface area contributed by atoms with Gasteiger partial charge in [0.15, 0.2) is 0 Å². The monoisotopic (exact) mass is 270 g/mol. The van der Waals surface area contributed by atoms with Gasteiger partial charge in [0, 0.05) is 11.3 Å². The Kier molecular flexibility index (Phi) is 3.67. The Morgan fingerprint density at radius 3 is 2.70 bits per heavy atom. The van der Waals surface area contributed by atoms with Gasteiger partial charge in [-0.25, -0.2) is 4.39 Å². The molecule has 0 aromatic heterocycles. The molecule has 0 spiro atoms. The van der Waals surface area contributed by atoms with Gasteiger partial charge < -0.3 is 10.4 Å². The maximum Gasteiger partial charge on any atom is 0.255 e. The number of amides is 1.